The lowest BCUT2D eigenvalue weighted by Gasteiger charge is -2.02. The van der Waals surface area contributed by atoms with Gasteiger partial charge in [0.1, 0.15) is 4.88 Å². The molecular formula is C8H8F3NS. The molecule has 1 aromatic heterocycles. The van der Waals surface area contributed by atoms with Crippen LogP contribution in [0.1, 0.15) is 15.8 Å². The van der Waals surface area contributed by atoms with E-state index in [1.54, 1.807) is 0 Å². The van der Waals surface area contributed by atoms with Crippen molar-refractivity contribution >= 4 is 11.3 Å². The van der Waals surface area contributed by atoms with E-state index in [1.165, 1.54) is 12.1 Å². The van der Waals surface area contributed by atoms with E-state index < -0.39 is 17.1 Å². The van der Waals surface area contributed by atoms with Crippen molar-refractivity contribution < 1.29 is 13.2 Å². The average molecular weight is 207 g/mol. The second-order valence-corrected chi connectivity index (χ2v) is 3.58. The molecule has 0 spiro atoms. The summed E-state index contributed by atoms with van der Waals surface area (Å²) < 4.78 is 36.3. The first-order valence-electron chi connectivity index (χ1n) is 3.50. The van der Waals surface area contributed by atoms with Gasteiger partial charge in [-0.2, -0.15) is 13.2 Å². The van der Waals surface area contributed by atoms with Crippen LogP contribution in [0.15, 0.2) is 24.8 Å². The van der Waals surface area contributed by atoms with Gasteiger partial charge in [-0.15, -0.1) is 17.9 Å². The highest BCUT2D eigenvalue weighted by atomic mass is 32.1. The van der Waals surface area contributed by atoms with Gasteiger partial charge in [0.2, 0.25) is 0 Å². The van der Waals surface area contributed by atoms with Crippen molar-refractivity contribution in [2.75, 3.05) is 0 Å². The van der Waals surface area contributed by atoms with Crippen molar-refractivity contribution in [2.45, 2.75) is 12.2 Å². The van der Waals surface area contributed by atoms with E-state index in [9.17, 15) is 13.2 Å². The van der Waals surface area contributed by atoms with Gasteiger partial charge >= 0.3 is 6.18 Å². The third-order valence-electron chi connectivity index (χ3n) is 1.49. The molecule has 0 radical (unpaired) electrons. The molecule has 0 aliphatic carbocycles. The Morgan fingerprint density at radius 3 is 2.46 bits per heavy atom. The Hall–Kier alpha value is -0.810. The van der Waals surface area contributed by atoms with Crippen LogP contribution < -0.4 is 5.73 Å². The molecule has 2 N–H and O–H groups in total. The van der Waals surface area contributed by atoms with Crippen LogP contribution in [-0.4, -0.2) is 0 Å². The Labute approximate surface area is 77.7 Å². The lowest BCUT2D eigenvalue weighted by Crippen LogP contribution is -2.04. The van der Waals surface area contributed by atoms with Crippen molar-refractivity contribution in [3.05, 3.63) is 34.5 Å². The quantitative estimate of drug-likeness (QED) is 0.741. The minimum atomic E-state index is -4.27. The molecule has 13 heavy (non-hydrogen) atoms. The highest BCUT2D eigenvalue weighted by Gasteiger charge is 2.32. The number of rotatable bonds is 2. The summed E-state index contributed by atoms with van der Waals surface area (Å²) in [6.45, 7) is 3.41. The van der Waals surface area contributed by atoms with Crippen molar-refractivity contribution in [1.29, 1.82) is 0 Å². The molecule has 1 rings (SSSR count). The smallest absolute Gasteiger partial charge is 0.320 e. The first-order valence-corrected chi connectivity index (χ1v) is 4.32. The maximum atomic E-state index is 12.1. The molecule has 0 aliphatic rings. The predicted octanol–water partition coefficient (Wildman–Crippen LogP) is 2.95. The molecule has 1 atom stereocenters. The van der Waals surface area contributed by atoms with Gasteiger partial charge in [0.15, 0.2) is 0 Å². The van der Waals surface area contributed by atoms with E-state index in [4.69, 9.17) is 5.73 Å². The van der Waals surface area contributed by atoms with Gasteiger partial charge in [0.05, 0.1) is 6.04 Å². The molecule has 0 amide bonds. The number of nitrogens with two attached hydrogens (primary N) is 1. The van der Waals surface area contributed by atoms with Gasteiger partial charge in [0, 0.05) is 4.88 Å². The summed E-state index contributed by atoms with van der Waals surface area (Å²) in [5.74, 6) is 0. The molecular weight excluding hydrogens is 199 g/mol. The Kier molecular flexibility index (Phi) is 2.77. The molecule has 5 heteroatoms. The summed E-state index contributed by atoms with van der Waals surface area (Å²) in [6, 6.07) is 1.89. The average Bonchev–Trinajstić information content (AvgIpc) is 2.50. The van der Waals surface area contributed by atoms with Crippen LogP contribution in [-0.2, 0) is 6.18 Å². The zero-order valence-corrected chi connectivity index (χ0v) is 7.45. The van der Waals surface area contributed by atoms with E-state index in [2.05, 4.69) is 6.58 Å². The van der Waals surface area contributed by atoms with Crippen LogP contribution in [0.5, 0.6) is 0 Å². The van der Waals surface area contributed by atoms with Crippen molar-refractivity contribution in [3.8, 4) is 0 Å². The Morgan fingerprint density at radius 1 is 1.46 bits per heavy atom. The van der Waals surface area contributed by atoms with Gasteiger partial charge in [-0.25, -0.2) is 0 Å². The fraction of sp³-hybridized carbons (Fsp3) is 0.250. The van der Waals surface area contributed by atoms with Gasteiger partial charge in [-0.1, -0.05) is 6.08 Å². The highest BCUT2D eigenvalue weighted by molar-refractivity contribution is 7.12. The second-order valence-electron chi connectivity index (χ2n) is 2.46. The van der Waals surface area contributed by atoms with Crippen molar-refractivity contribution in [2.24, 2.45) is 5.73 Å². The van der Waals surface area contributed by atoms with Crippen molar-refractivity contribution in [3.63, 3.8) is 0 Å². The van der Waals surface area contributed by atoms with Gasteiger partial charge < -0.3 is 5.73 Å². The summed E-state index contributed by atoms with van der Waals surface area (Å²) in [7, 11) is 0. The fourth-order valence-electron chi connectivity index (χ4n) is 0.800. The van der Waals surface area contributed by atoms with E-state index in [-0.39, 0.29) is 0 Å². The molecule has 0 fully saturated rings. The first kappa shape index (κ1) is 10.3. The largest absolute Gasteiger partial charge is 0.425 e. The minimum absolute atomic E-state index is 0.474. The molecule has 0 bridgehead atoms. The molecule has 0 aliphatic heterocycles. The van der Waals surface area contributed by atoms with Gasteiger partial charge in [-0.3, -0.25) is 0 Å². The second kappa shape index (κ2) is 3.51. The van der Waals surface area contributed by atoms with Crippen LogP contribution in [0.2, 0.25) is 0 Å². The Bertz CT molecular complexity index is 303. The summed E-state index contributed by atoms with van der Waals surface area (Å²) >= 11 is 0.651. The van der Waals surface area contributed by atoms with Crippen LogP contribution in [0.4, 0.5) is 13.2 Å². The summed E-state index contributed by atoms with van der Waals surface area (Å²) in [4.78, 5) is -0.151. The number of alkyl halides is 3. The predicted molar refractivity (Wildman–Crippen MR) is 46.4 cm³/mol. The SMILES string of the molecule is C=CC(N)c1ccc(C(F)(F)F)s1. The number of hydrogen-bond acceptors (Lipinski definition) is 2. The zero-order valence-electron chi connectivity index (χ0n) is 6.64. The highest BCUT2D eigenvalue weighted by Crippen LogP contribution is 2.36. The van der Waals surface area contributed by atoms with E-state index >= 15 is 0 Å². The third kappa shape index (κ3) is 2.32. The molecule has 1 aromatic rings. The number of halogens is 3. The normalized spacial score (nSPS) is 14.2. The van der Waals surface area contributed by atoms with Crippen molar-refractivity contribution in [1.82, 2.24) is 0 Å². The fourth-order valence-corrected chi connectivity index (χ4v) is 1.67. The first-order chi connectivity index (χ1) is 5.95. The topological polar surface area (TPSA) is 26.0 Å². The van der Waals surface area contributed by atoms with Crippen LogP contribution in [0.3, 0.4) is 0 Å². The van der Waals surface area contributed by atoms with E-state index in [0.29, 0.717) is 16.2 Å². The van der Waals surface area contributed by atoms with Gasteiger partial charge in [0.25, 0.3) is 0 Å². The molecule has 72 valence electrons. The molecule has 0 aromatic carbocycles. The number of hydrogen-bond donors (Lipinski definition) is 1. The summed E-state index contributed by atoms with van der Waals surface area (Å²) in [5, 5.41) is 0. The molecule has 1 heterocycles. The van der Waals surface area contributed by atoms with Crippen LogP contribution in [0, 0.1) is 0 Å². The van der Waals surface area contributed by atoms with Crippen LogP contribution >= 0.6 is 11.3 Å². The lowest BCUT2D eigenvalue weighted by atomic mass is 10.2. The standard InChI is InChI=1S/C8H8F3NS/c1-2-5(12)6-3-4-7(13-6)8(9,10)11/h2-5H,1,12H2. The minimum Gasteiger partial charge on any atom is -0.320 e. The third-order valence-corrected chi connectivity index (χ3v) is 2.72. The lowest BCUT2D eigenvalue weighted by molar-refractivity contribution is -0.134. The van der Waals surface area contributed by atoms with Gasteiger partial charge in [-0.05, 0) is 12.1 Å². The molecule has 1 unspecified atom stereocenters. The van der Waals surface area contributed by atoms with E-state index in [1.807, 2.05) is 0 Å². The maximum absolute atomic E-state index is 12.1. The zero-order chi connectivity index (χ0) is 10.1. The van der Waals surface area contributed by atoms with E-state index in [0.717, 1.165) is 6.07 Å². The molecule has 0 saturated carbocycles. The summed E-state index contributed by atoms with van der Waals surface area (Å²) in [6.07, 6.45) is -2.87. The molecule has 0 saturated heterocycles. The summed E-state index contributed by atoms with van der Waals surface area (Å²) in [5.41, 5.74) is 5.48. The Balaban J connectivity index is 2.93. The number of thiophene rings is 1. The molecule has 1 nitrogen and oxygen atoms in total. The van der Waals surface area contributed by atoms with Crippen LogP contribution in [0.25, 0.3) is 0 Å². The Morgan fingerprint density at radius 2 is 2.08 bits per heavy atom. The monoisotopic (exact) mass is 207 g/mol. The maximum Gasteiger partial charge on any atom is 0.425 e.